The van der Waals surface area contributed by atoms with E-state index in [1.54, 1.807) is 12.1 Å². The molecule has 0 amide bonds. The van der Waals surface area contributed by atoms with Crippen LogP contribution in [0.25, 0.3) is 0 Å². The van der Waals surface area contributed by atoms with E-state index in [0.717, 1.165) is 33.2 Å². The Morgan fingerprint density at radius 2 is 2.05 bits per heavy atom. The molecule has 0 radical (unpaired) electrons. The van der Waals surface area contributed by atoms with E-state index in [9.17, 15) is 4.79 Å². The third-order valence-electron chi connectivity index (χ3n) is 2.85. The zero-order valence-electron chi connectivity index (χ0n) is 10.6. The molecule has 0 saturated heterocycles. The van der Waals surface area contributed by atoms with Gasteiger partial charge < -0.3 is 5.11 Å². The van der Waals surface area contributed by atoms with Crippen LogP contribution in [0.3, 0.4) is 0 Å². The predicted octanol–water partition coefficient (Wildman–Crippen LogP) is 3.48. The van der Waals surface area contributed by atoms with Gasteiger partial charge in [0.1, 0.15) is 0 Å². The molecule has 0 bridgehead atoms. The summed E-state index contributed by atoms with van der Waals surface area (Å²) in [5.74, 6) is -0.881. The van der Waals surface area contributed by atoms with Crippen LogP contribution in [0.5, 0.6) is 0 Å². The van der Waals surface area contributed by atoms with Gasteiger partial charge in [-0.2, -0.15) is 0 Å². The maximum atomic E-state index is 11.0. The normalized spacial score (nSPS) is 10.4. The van der Waals surface area contributed by atoms with Crippen molar-refractivity contribution in [3.8, 4) is 0 Å². The Labute approximate surface area is 125 Å². The van der Waals surface area contributed by atoms with Crippen molar-refractivity contribution < 1.29 is 9.90 Å². The minimum Gasteiger partial charge on any atom is -0.478 e. The fourth-order valence-electron chi connectivity index (χ4n) is 1.84. The molecule has 0 fully saturated rings. The first-order valence-corrected chi connectivity index (χ1v) is 7.07. The number of pyridine rings is 1. The molecule has 2 aromatic rings. The molecule has 3 nitrogen and oxygen atoms in total. The van der Waals surface area contributed by atoms with E-state index < -0.39 is 5.97 Å². The zero-order valence-corrected chi connectivity index (χ0v) is 12.7. The molecule has 0 spiro atoms. The van der Waals surface area contributed by atoms with Crippen LogP contribution >= 0.6 is 22.6 Å². The van der Waals surface area contributed by atoms with Gasteiger partial charge in [0.25, 0.3) is 0 Å². The topological polar surface area (TPSA) is 50.2 Å². The van der Waals surface area contributed by atoms with E-state index in [-0.39, 0.29) is 0 Å². The summed E-state index contributed by atoms with van der Waals surface area (Å²) in [5, 5.41) is 9.03. The minimum atomic E-state index is -0.881. The molecule has 0 saturated carbocycles. The Balaban J connectivity index is 2.11. The van der Waals surface area contributed by atoms with Crippen molar-refractivity contribution in [1.29, 1.82) is 0 Å². The largest absolute Gasteiger partial charge is 0.478 e. The number of halogens is 1. The maximum Gasteiger partial charge on any atom is 0.335 e. The first-order valence-electron chi connectivity index (χ1n) is 5.99. The second kappa shape index (κ2) is 6.14. The lowest BCUT2D eigenvalue weighted by atomic mass is 10.0. The molecule has 1 aromatic heterocycles. The second-order valence-corrected chi connectivity index (χ2v) is 5.73. The lowest BCUT2D eigenvalue weighted by Crippen LogP contribution is -2.00. The van der Waals surface area contributed by atoms with Crippen molar-refractivity contribution in [3.05, 3.63) is 62.5 Å². The van der Waals surface area contributed by atoms with Gasteiger partial charge in [0, 0.05) is 15.5 Å². The fraction of sp³-hybridized carbons (Fsp3) is 0.200. The summed E-state index contributed by atoms with van der Waals surface area (Å²) >= 11 is 2.14. The van der Waals surface area contributed by atoms with Crippen molar-refractivity contribution in [2.45, 2.75) is 19.8 Å². The van der Waals surface area contributed by atoms with E-state index in [1.165, 1.54) is 0 Å². The van der Waals surface area contributed by atoms with Crippen molar-refractivity contribution in [2.75, 3.05) is 0 Å². The van der Waals surface area contributed by atoms with Crippen LogP contribution in [0.2, 0.25) is 0 Å². The highest BCUT2D eigenvalue weighted by molar-refractivity contribution is 14.1. The van der Waals surface area contributed by atoms with Gasteiger partial charge >= 0.3 is 5.97 Å². The van der Waals surface area contributed by atoms with Crippen LogP contribution in [0.15, 0.2) is 36.5 Å². The van der Waals surface area contributed by atoms with Crippen LogP contribution in [0.1, 0.15) is 27.2 Å². The van der Waals surface area contributed by atoms with E-state index in [0.29, 0.717) is 5.56 Å². The van der Waals surface area contributed by atoms with Gasteiger partial charge in [-0.1, -0.05) is 6.07 Å². The number of carbonyl (C=O) groups is 1. The minimum absolute atomic E-state index is 0.346. The van der Waals surface area contributed by atoms with Crippen LogP contribution < -0.4 is 0 Å². The fourth-order valence-corrected chi connectivity index (χ4v) is 2.57. The first kappa shape index (κ1) is 14.0. The summed E-state index contributed by atoms with van der Waals surface area (Å²) in [5.41, 5.74) is 3.55. The number of carboxylic acid groups (broad SMARTS) is 1. The summed E-state index contributed by atoms with van der Waals surface area (Å²) < 4.78 is 0.948. The van der Waals surface area contributed by atoms with E-state index in [1.807, 2.05) is 31.3 Å². The second-order valence-electron chi connectivity index (χ2n) is 4.48. The highest BCUT2D eigenvalue weighted by Gasteiger charge is 2.06. The first-order chi connectivity index (χ1) is 9.04. The highest BCUT2D eigenvalue weighted by atomic mass is 127. The van der Waals surface area contributed by atoms with Crippen LogP contribution in [-0.4, -0.2) is 16.1 Å². The number of aryl methyl sites for hydroxylation is 3. The molecule has 1 heterocycles. The molecule has 0 aliphatic rings. The molecule has 0 atom stereocenters. The van der Waals surface area contributed by atoms with E-state index in [4.69, 9.17) is 5.11 Å². The van der Waals surface area contributed by atoms with Crippen molar-refractivity contribution in [2.24, 2.45) is 0 Å². The monoisotopic (exact) mass is 367 g/mol. The van der Waals surface area contributed by atoms with Gasteiger partial charge in [-0.25, -0.2) is 4.79 Å². The summed E-state index contributed by atoms with van der Waals surface area (Å²) in [6.45, 7) is 2.01. The quantitative estimate of drug-likeness (QED) is 0.842. The van der Waals surface area contributed by atoms with E-state index >= 15 is 0 Å². The Kier molecular flexibility index (Phi) is 4.52. The SMILES string of the molecule is Cc1ccc(CCc2cc(I)cc(C(=O)O)c2)nc1. The Hall–Kier alpha value is -1.43. The van der Waals surface area contributed by atoms with Crippen molar-refractivity contribution >= 4 is 28.6 Å². The predicted molar refractivity (Wildman–Crippen MR) is 82.5 cm³/mol. The number of rotatable bonds is 4. The highest BCUT2D eigenvalue weighted by Crippen LogP contribution is 2.14. The van der Waals surface area contributed by atoms with Gasteiger partial charge in [0.2, 0.25) is 0 Å². The average molecular weight is 367 g/mol. The summed E-state index contributed by atoms with van der Waals surface area (Å²) in [6, 6.07) is 9.48. The molecule has 0 aliphatic carbocycles. The molecule has 0 aliphatic heterocycles. The van der Waals surface area contributed by atoms with Gasteiger partial charge in [0.15, 0.2) is 0 Å². The third-order valence-corrected chi connectivity index (χ3v) is 3.47. The molecule has 4 heteroatoms. The molecular formula is C15H14INO2. The van der Waals surface area contributed by atoms with Crippen LogP contribution in [0, 0.1) is 10.5 Å². The molecule has 98 valence electrons. The number of nitrogens with zero attached hydrogens (tertiary/aromatic N) is 1. The summed E-state index contributed by atoms with van der Waals surface area (Å²) in [6.07, 6.45) is 3.47. The van der Waals surface area contributed by atoms with Gasteiger partial charge in [0.05, 0.1) is 5.56 Å². The summed E-state index contributed by atoms with van der Waals surface area (Å²) in [7, 11) is 0. The lowest BCUT2D eigenvalue weighted by Gasteiger charge is -2.05. The number of hydrogen-bond donors (Lipinski definition) is 1. The Morgan fingerprint density at radius 1 is 1.26 bits per heavy atom. The van der Waals surface area contributed by atoms with Crippen LogP contribution in [0.4, 0.5) is 0 Å². The van der Waals surface area contributed by atoms with Gasteiger partial charge in [-0.15, -0.1) is 0 Å². The Bertz CT molecular complexity index is 594. The van der Waals surface area contributed by atoms with Crippen molar-refractivity contribution in [3.63, 3.8) is 0 Å². The standard InChI is InChI=1S/C15H14INO2/c1-10-2-4-14(17-9-10)5-3-11-6-12(15(18)19)8-13(16)7-11/h2,4,6-9H,3,5H2,1H3,(H,18,19). The number of hydrogen-bond acceptors (Lipinski definition) is 2. The maximum absolute atomic E-state index is 11.0. The van der Waals surface area contributed by atoms with Crippen molar-refractivity contribution in [1.82, 2.24) is 4.98 Å². The third kappa shape index (κ3) is 4.02. The van der Waals surface area contributed by atoms with Gasteiger partial charge in [-0.05, 0) is 77.7 Å². The molecule has 1 N–H and O–H groups in total. The lowest BCUT2D eigenvalue weighted by molar-refractivity contribution is 0.0696. The molecular weight excluding hydrogens is 353 g/mol. The summed E-state index contributed by atoms with van der Waals surface area (Å²) in [4.78, 5) is 15.4. The average Bonchev–Trinajstić information content (AvgIpc) is 2.37. The molecule has 19 heavy (non-hydrogen) atoms. The van der Waals surface area contributed by atoms with Gasteiger partial charge in [-0.3, -0.25) is 4.98 Å². The molecule has 2 rings (SSSR count). The Morgan fingerprint density at radius 3 is 2.68 bits per heavy atom. The smallest absolute Gasteiger partial charge is 0.335 e. The number of benzene rings is 1. The van der Waals surface area contributed by atoms with Crippen LogP contribution in [-0.2, 0) is 12.8 Å². The van der Waals surface area contributed by atoms with E-state index in [2.05, 4.69) is 27.6 Å². The number of aromatic carboxylic acids is 1. The number of carboxylic acids is 1. The number of aromatic nitrogens is 1. The molecule has 1 aromatic carbocycles. The zero-order chi connectivity index (χ0) is 13.8. The molecule has 0 unspecified atom stereocenters.